The van der Waals surface area contributed by atoms with E-state index in [0.29, 0.717) is 19.7 Å². The smallest absolute Gasteiger partial charge is 0.318 e. The van der Waals surface area contributed by atoms with Gasteiger partial charge in [0.25, 0.3) is 0 Å². The van der Waals surface area contributed by atoms with Gasteiger partial charge in [-0.2, -0.15) is 0 Å². The highest BCUT2D eigenvalue weighted by Gasteiger charge is 2.44. The second kappa shape index (κ2) is 7.29. The largest absolute Gasteiger partial charge is 0.493 e. The number of nitrogens with one attached hydrogen (secondary N) is 2. The first-order valence-corrected chi connectivity index (χ1v) is 9.90. The highest BCUT2D eigenvalue weighted by Crippen LogP contribution is 2.31. The predicted octanol–water partition coefficient (Wildman–Crippen LogP) is 2.49. The molecule has 0 radical (unpaired) electrons. The Morgan fingerprint density at radius 1 is 1.30 bits per heavy atom. The zero-order valence-corrected chi connectivity index (χ0v) is 16.0. The fraction of sp³-hybridized carbons (Fsp3) is 0.600. The van der Waals surface area contributed by atoms with Gasteiger partial charge < -0.3 is 25.2 Å². The van der Waals surface area contributed by atoms with E-state index in [1.165, 1.54) is 0 Å². The number of para-hydroxylation sites is 1. The molecule has 0 aromatic heterocycles. The molecule has 1 unspecified atom stereocenters. The Labute approximate surface area is 160 Å². The van der Waals surface area contributed by atoms with Crippen LogP contribution in [0.4, 0.5) is 9.59 Å². The van der Waals surface area contributed by atoms with Crippen LogP contribution in [-0.2, 0) is 0 Å². The number of benzene rings is 1. The third-order valence-electron chi connectivity index (χ3n) is 5.81. The number of hydrogen-bond acceptors (Lipinski definition) is 3. The van der Waals surface area contributed by atoms with Crippen LogP contribution >= 0.6 is 0 Å². The van der Waals surface area contributed by atoms with Crippen molar-refractivity contribution in [3.8, 4) is 5.75 Å². The number of urea groups is 2. The second-order valence-corrected chi connectivity index (χ2v) is 7.89. The summed E-state index contributed by atoms with van der Waals surface area (Å²) in [7, 11) is 0. The van der Waals surface area contributed by atoms with E-state index in [2.05, 4.69) is 10.6 Å². The van der Waals surface area contributed by atoms with E-state index >= 15 is 0 Å². The summed E-state index contributed by atoms with van der Waals surface area (Å²) in [6.07, 6.45) is 2.57. The van der Waals surface area contributed by atoms with Crippen LogP contribution in [0.3, 0.4) is 0 Å². The van der Waals surface area contributed by atoms with E-state index in [1.807, 2.05) is 47.9 Å². The highest BCUT2D eigenvalue weighted by atomic mass is 16.5. The molecule has 1 aromatic rings. The van der Waals surface area contributed by atoms with Crippen molar-refractivity contribution in [2.24, 2.45) is 0 Å². The van der Waals surface area contributed by atoms with Crippen LogP contribution in [0.1, 0.15) is 44.7 Å². The molecule has 3 aliphatic rings. The van der Waals surface area contributed by atoms with Gasteiger partial charge in [-0.15, -0.1) is 0 Å². The van der Waals surface area contributed by atoms with E-state index in [-0.39, 0.29) is 36.2 Å². The lowest BCUT2D eigenvalue weighted by Crippen LogP contribution is -2.56. The van der Waals surface area contributed by atoms with Gasteiger partial charge in [-0.25, -0.2) is 9.59 Å². The van der Waals surface area contributed by atoms with Crippen LogP contribution in [0, 0.1) is 0 Å². The Balaban J connectivity index is 1.42. The molecular weight excluding hydrogens is 344 g/mol. The van der Waals surface area contributed by atoms with Gasteiger partial charge in [0, 0.05) is 24.7 Å². The normalized spacial score (nSPS) is 27.4. The summed E-state index contributed by atoms with van der Waals surface area (Å²) in [6.45, 7) is 5.96. The maximum atomic E-state index is 12.9. The Morgan fingerprint density at radius 3 is 2.93 bits per heavy atom. The number of hydrogen-bond donors (Lipinski definition) is 2. The molecule has 2 fully saturated rings. The van der Waals surface area contributed by atoms with Crippen LogP contribution in [0.15, 0.2) is 24.3 Å². The molecule has 4 amide bonds. The van der Waals surface area contributed by atoms with Gasteiger partial charge >= 0.3 is 12.1 Å². The standard InChI is InChI=1S/C20H28N4O3/c1-13(2)24-17-9-10-23(12-16(17)22-20(24)26)19(25)21-15-7-5-11-27-18-8-4-3-6-14(15)18/h3-4,6,8,13,15-17H,5,7,9-12H2,1-2H3,(H,21,25)(H,22,26)/t15?,16-,17+/m1/s1. The topological polar surface area (TPSA) is 73.9 Å². The van der Waals surface area contributed by atoms with Gasteiger partial charge in [0.15, 0.2) is 0 Å². The number of likely N-dealkylation sites (tertiary alicyclic amines) is 1. The quantitative estimate of drug-likeness (QED) is 0.838. The molecule has 3 heterocycles. The number of amides is 4. The summed E-state index contributed by atoms with van der Waals surface area (Å²) < 4.78 is 5.79. The Morgan fingerprint density at radius 2 is 2.11 bits per heavy atom. The number of rotatable bonds is 2. The second-order valence-electron chi connectivity index (χ2n) is 7.89. The van der Waals surface area contributed by atoms with E-state index in [1.54, 1.807) is 0 Å². The van der Waals surface area contributed by atoms with Crippen LogP contribution in [0.5, 0.6) is 5.75 Å². The van der Waals surface area contributed by atoms with E-state index in [0.717, 1.165) is 30.6 Å². The van der Waals surface area contributed by atoms with E-state index < -0.39 is 0 Å². The summed E-state index contributed by atoms with van der Waals surface area (Å²) in [5.74, 6) is 0.856. The molecule has 3 aliphatic heterocycles. The number of ether oxygens (including phenoxy) is 1. The molecule has 146 valence electrons. The third-order valence-corrected chi connectivity index (χ3v) is 5.81. The maximum absolute atomic E-state index is 12.9. The minimum absolute atomic E-state index is 0.00385. The van der Waals surface area contributed by atoms with Gasteiger partial charge in [-0.05, 0) is 39.2 Å². The molecule has 0 aliphatic carbocycles. The SMILES string of the molecule is CC(C)N1C(=O)N[C@@H]2CN(C(=O)NC3CCCOc4ccccc43)CC[C@@H]21. The van der Waals surface area contributed by atoms with E-state index in [9.17, 15) is 9.59 Å². The Bertz CT molecular complexity index is 723. The molecular formula is C20H28N4O3. The zero-order valence-electron chi connectivity index (χ0n) is 16.0. The molecule has 2 saturated heterocycles. The van der Waals surface area contributed by atoms with Gasteiger partial charge in [0.1, 0.15) is 5.75 Å². The van der Waals surface area contributed by atoms with Gasteiger partial charge in [0.05, 0.1) is 24.7 Å². The lowest BCUT2D eigenvalue weighted by molar-refractivity contribution is 0.131. The number of carbonyl (C=O) groups is 2. The van der Waals surface area contributed by atoms with Crippen LogP contribution in [0.25, 0.3) is 0 Å². The van der Waals surface area contributed by atoms with Gasteiger partial charge in [-0.3, -0.25) is 0 Å². The Hall–Kier alpha value is -2.44. The van der Waals surface area contributed by atoms with Crippen molar-refractivity contribution >= 4 is 12.1 Å². The molecule has 3 atom stereocenters. The maximum Gasteiger partial charge on any atom is 0.318 e. The molecule has 2 N–H and O–H groups in total. The van der Waals surface area contributed by atoms with Gasteiger partial charge in [-0.1, -0.05) is 18.2 Å². The summed E-state index contributed by atoms with van der Waals surface area (Å²) in [5, 5.41) is 6.24. The first-order chi connectivity index (χ1) is 13.0. The first kappa shape index (κ1) is 17.9. The molecule has 0 spiro atoms. The van der Waals surface area contributed by atoms with Crippen molar-refractivity contribution in [1.82, 2.24) is 20.4 Å². The summed E-state index contributed by atoms with van der Waals surface area (Å²) >= 11 is 0. The number of nitrogens with zero attached hydrogens (tertiary/aromatic N) is 2. The Kier molecular flexibility index (Phi) is 4.85. The van der Waals surface area contributed by atoms with Crippen molar-refractivity contribution < 1.29 is 14.3 Å². The molecule has 1 aromatic carbocycles. The van der Waals surface area contributed by atoms with Crippen molar-refractivity contribution in [3.63, 3.8) is 0 Å². The van der Waals surface area contributed by atoms with Gasteiger partial charge in [0.2, 0.25) is 0 Å². The number of piperidine rings is 1. The fourth-order valence-corrected chi connectivity index (χ4v) is 4.52. The summed E-state index contributed by atoms with van der Waals surface area (Å²) in [6, 6.07) is 8.14. The van der Waals surface area contributed by atoms with Crippen molar-refractivity contribution in [2.75, 3.05) is 19.7 Å². The first-order valence-electron chi connectivity index (χ1n) is 9.90. The average Bonchev–Trinajstić information content (AvgIpc) is 2.85. The van der Waals surface area contributed by atoms with Crippen LogP contribution in [0.2, 0.25) is 0 Å². The summed E-state index contributed by atoms with van der Waals surface area (Å²) in [5.41, 5.74) is 1.04. The highest BCUT2D eigenvalue weighted by molar-refractivity contribution is 5.79. The van der Waals surface area contributed by atoms with Crippen molar-refractivity contribution in [2.45, 2.75) is 57.3 Å². The molecule has 27 heavy (non-hydrogen) atoms. The summed E-state index contributed by atoms with van der Waals surface area (Å²) in [4.78, 5) is 28.9. The fourth-order valence-electron chi connectivity index (χ4n) is 4.52. The third kappa shape index (κ3) is 3.42. The predicted molar refractivity (Wildman–Crippen MR) is 102 cm³/mol. The molecule has 7 heteroatoms. The van der Waals surface area contributed by atoms with Crippen LogP contribution < -0.4 is 15.4 Å². The van der Waals surface area contributed by atoms with E-state index in [4.69, 9.17) is 4.74 Å². The minimum atomic E-state index is -0.0626. The van der Waals surface area contributed by atoms with Crippen molar-refractivity contribution in [3.05, 3.63) is 29.8 Å². The zero-order chi connectivity index (χ0) is 19.0. The minimum Gasteiger partial charge on any atom is -0.493 e. The van der Waals surface area contributed by atoms with Crippen LogP contribution in [-0.4, -0.2) is 59.7 Å². The molecule has 0 bridgehead atoms. The monoisotopic (exact) mass is 372 g/mol. The number of carbonyl (C=O) groups excluding carboxylic acids is 2. The molecule has 0 saturated carbocycles. The lowest BCUT2D eigenvalue weighted by atomic mass is 9.99. The molecule has 4 rings (SSSR count). The average molecular weight is 372 g/mol. The molecule has 7 nitrogen and oxygen atoms in total. The lowest BCUT2D eigenvalue weighted by Gasteiger charge is -2.38. The number of fused-ring (bicyclic) bond motifs is 2. The van der Waals surface area contributed by atoms with Crippen molar-refractivity contribution in [1.29, 1.82) is 0 Å².